The van der Waals surface area contributed by atoms with Crippen LogP contribution >= 0.6 is 0 Å². The number of anilines is 1. The molecule has 0 saturated carbocycles. The predicted molar refractivity (Wildman–Crippen MR) is 114 cm³/mol. The van der Waals surface area contributed by atoms with Gasteiger partial charge in [0.1, 0.15) is 11.5 Å². The molecule has 1 saturated heterocycles. The van der Waals surface area contributed by atoms with E-state index in [9.17, 15) is 4.79 Å². The summed E-state index contributed by atoms with van der Waals surface area (Å²) in [6.45, 7) is 6.49. The first-order valence-electron chi connectivity index (χ1n) is 10.3. The van der Waals surface area contributed by atoms with Crippen LogP contribution in [0.15, 0.2) is 53.5 Å². The van der Waals surface area contributed by atoms with Gasteiger partial charge in [0.25, 0.3) is 5.91 Å². The van der Waals surface area contributed by atoms with E-state index in [2.05, 4.69) is 16.8 Å². The van der Waals surface area contributed by atoms with Crippen LogP contribution in [0.1, 0.15) is 25.3 Å². The normalized spacial score (nSPS) is 18.3. The molecule has 2 aromatic rings. The van der Waals surface area contributed by atoms with Gasteiger partial charge in [-0.25, -0.2) is 4.99 Å². The maximum absolute atomic E-state index is 13.2. The number of nitrogens with zero attached hydrogens (tertiary/aromatic N) is 3. The zero-order chi connectivity index (χ0) is 20.1. The summed E-state index contributed by atoms with van der Waals surface area (Å²) < 4.78 is 11.1. The Labute approximate surface area is 171 Å². The number of hydrogen-bond acceptors (Lipinski definition) is 5. The van der Waals surface area contributed by atoms with Gasteiger partial charge in [0.05, 0.1) is 37.9 Å². The van der Waals surface area contributed by atoms with Crippen LogP contribution in [-0.4, -0.2) is 56.1 Å². The number of aliphatic imine (C=N–C) groups is 1. The Bertz CT molecular complexity index is 873. The lowest BCUT2D eigenvalue weighted by molar-refractivity contribution is -0.112. The summed E-state index contributed by atoms with van der Waals surface area (Å²) in [7, 11) is 0. The van der Waals surface area contributed by atoms with Gasteiger partial charge in [-0.2, -0.15) is 0 Å². The summed E-state index contributed by atoms with van der Waals surface area (Å²) in [4.78, 5) is 21.9. The van der Waals surface area contributed by atoms with Crippen LogP contribution in [0, 0.1) is 0 Å². The van der Waals surface area contributed by atoms with Crippen molar-refractivity contribution in [2.24, 2.45) is 4.99 Å². The molecule has 152 valence electrons. The molecule has 29 heavy (non-hydrogen) atoms. The Morgan fingerprint density at radius 3 is 2.59 bits per heavy atom. The highest BCUT2D eigenvalue weighted by Crippen LogP contribution is 2.31. The second-order valence-corrected chi connectivity index (χ2v) is 7.28. The minimum Gasteiger partial charge on any atom is -0.494 e. The van der Waals surface area contributed by atoms with Crippen molar-refractivity contribution in [3.63, 3.8) is 0 Å². The number of ether oxygens (including phenoxy) is 2. The zero-order valence-electron chi connectivity index (χ0n) is 16.8. The lowest BCUT2D eigenvalue weighted by Crippen LogP contribution is -2.45. The molecule has 0 unspecified atom stereocenters. The molecule has 1 fully saturated rings. The third kappa shape index (κ3) is 4.49. The van der Waals surface area contributed by atoms with E-state index < -0.39 is 0 Å². The molecule has 0 atom stereocenters. The molecule has 0 bridgehead atoms. The van der Waals surface area contributed by atoms with E-state index in [0.29, 0.717) is 32.2 Å². The van der Waals surface area contributed by atoms with Crippen molar-refractivity contribution in [2.45, 2.75) is 19.8 Å². The van der Waals surface area contributed by atoms with Crippen molar-refractivity contribution in [3.8, 4) is 5.75 Å². The van der Waals surface area contributed by atoms with Crippen LogP contribution in [-0.2, 0) is 9.53 Å². The van der Waals surface area contributed by atoms with Crippen LogP contribution in [0.2, 0.25) is 0 Å². The van der Waals surface area contributed by atoms with E-state index in [1.54, 1.807) is 0 Å². The molecule has 6 heteroatoms. The highest BCUT2D eigenvalue weighted by molar-refractivity contribution is 6.54. The number of morpholine rings is 1. The van der Waals surface area contributed by atoms with E-state index in [1.807, 2.05) is 53.4 Å². The van der Waals surface area contributed by atoms with Gasteiger partial charge in [0.2, 0.25) is 0 Å². The number of benzene rings is 2. The van der Waals surface area contributed by atoms with Crippen molar-refractivity contribution in [2.75, 3.05) is 44.5 Å². The van der Waals surface area contributed by atoms with Gasteiger partial charge in [-0.15, -0.1) is 0 Å². The minimum atomic E-state index is -0.0547. The smallest absolute Gasteiger partial charge is 0.278 e. The van der Waals surface area contributed by atoms with Crippen LogP contribution in [0.5, 0.6) is 5.75 Å². The molecule has 0 aliphatic carbocycles. The predicted octanol–water partition coefficient (Wildman–Crippen LogP) is 3.62. The summed E-state index contributed by atoms with van der Waals surface area (Å²) >= 11 is 0. The van der Waals surface area contributed by atoms with Gasteiger partial charge in [0.15, 0.2) is 0 Å². The molecular formula is C23H27N3O3. The van der Waals surface area contributed by atoms with Crippen LogP contribution in [0.3, 0.4) is 0 Å². The lowest BCUT2D eigenvalue weighted by atomic mass is 10.1. The monoisotopic (exact) mass is 393 g/mol. The van der Waals surface area contributed by atoms with E-state index >= 15 is 0 Å². The number of unbranched alkanes of at least 4 members (excludes halogenated alkanes) is 1. The third-order valence-electron chi connectivity index (χ3n) is 5.19. The number of hydrogen-bond donors (Lipinski definition) is 0. The maximum atomic E-state index is 13.2. The molecule has 2 aliphatic heterocycles. The number of carbonyl (C=O) groups is 1. The van der Waals surface area contributed by atoms with Gasteiger partial charge in [0, 0.05) is 18.7 Å². The van der Waals surface area contributed by atoms with E-state index in [4.69, 9.17) is 9.47 Å². The van der Waals surface area contributed by atoms with Crippen molar-refractivity contribution in [1.82, 2.24) is 4.90 Å². The van der Waals surface area contributed by atoms with Crippen LogP contribution < -0.4 is 9.64 Å². The fraction of sp³-hybridized carbons (Fsp3) is 0.391. The average Bonchev–Trinajstić information content (AvgIpc) is 3.02. The molecule has 2 heterocycles. The maximum Gasteiger partial charge on any atom is 0.278 e. The average molecular weight is 393 g/mol. The fourth-order valence-corrected chi connectivity index (χ4v) is 3.53. The Morgan fingerprint density at radius 1 is 1.07 bits per heavy atom. The first-order valence-corrected chi connectivity index (χ1v) is 10.3. The SMILES string of the molecule is CCCCOc1ccc(N=C2C(=O)N(CN3CCOCC3)c3ccccc32)cc1. The summed E-state index contributed by atoms with van der Waals surface area (Å²) in [5.74, 6) is 0.774. The number of fused-ring (bicyclic) bond motifs is 1. The topological polar surface area (TPSA) is 54.4 Å². The number of carbonyl (C=O) groups excluding carboxylic acids is 1. The van der Waals surface area contributed by atoms with Gasteiger partial charge >= 0.3 is 0 Å². The van der Waals surface area contributed by atoms with E-state index in [0.717, 1.165) is 48.6 Å². The highest BCUT2D eigenvalue weighted by atomic mass is 16.5. The standard InChI is InChI=1S/C23H27N3O3/c1-2-3-14-29-19-10-8-18(9-11-19)24-22-20-6-4-5-7-21(20)26(23(22)27)17-25-12-15-28-16-13-25/h4-11H,2-3,12-17H2,1H3. The second-order valence-electron chi connectivity index (χ2n) is 7.28. The molecule has 2 aliphatic rings. The molecule has 0 spiro atoms. The Morgan fingerprint density at radius 2 is 1.83 bits per heavy atom. The summed E-state index contributed by atoms with van der Waals surface area (Å²) in [6, 6.07) is 15.5. The zero-order valence-corrected chi connectivity index (χ0v) is 16.8. The molecule has 4 rings (SSSR count). The Hall–Kier alpha value is -2.70. The van der Waals surface area contributed by atoms with Gasteiger partial charge in [-0.1, -0.05) is 31.5 Å². The first-order chi connectivity index (χ1) is 14.3. The number of para-hydroxylation sites is 1. The Kier molecular flexibility index (Phi) is 6.22. The second kappa shape index (κ2) is 9.20. The van der Waals surface area contributed by atoms with Gasteiger partial charge in [-0.3, -0.25) is 14.6 Å². The van der Waals surface area contributed by atoms with Crippen LogP contribution in [0.25, 0.3) is 0 Å². The number of amides is 1. The fourth-order valence-electron chi connectivity index (χ4n) is 3.53. The third-order valence-corrected chi connectivity index (χ3v) is 5.19. The molecule has 2 aromatic carbocycles. The highest BCUT2D eigenvalue weighted by Gasteiger charge is 2.34. The Balaban J connectivity index is 1.54. The van der Waals surface area contributed by atoms with Crippen molar-refractivity contribution >= 4 is 23.0 Å². The molecule has 0 N–H and O–H groups in total. The summed E-state index contributed by atoms with van der Waals surface area (Å²) in [5.41, 5.74) is 3.05. The van der Waals surface area contributed by atoms with Crippen molar-refractivity contribution < 1.29 is 14.3 Å². The van der Waals surface area contributed by atoms with Gasteiger partial charge in [-0.05, 0) is 36.8 Å². The van der Waals surface area contributed by atoms with E-state index in [1.165, 1.54) is 0 Å². The summed E-state index contributed by atoms with van der Waals surface area (Å²) in [6.07, 6.45) is 2.14. The lowest BCUT2D eigenvalue weighted by Gasteiger charge is -2.30. The molecule has 1 amide bonds. The summed E-state index contributed by atoms with van der Waals surface area (Å²) in [5, 5.41) is 0. The first kappa shape index (κ1) is 19.6. The van der Waals surface area contributed by atoms with Crippen molar-refractivity contribution in [1.29, 1.82) is 0 Å². The molecule has 0 aromatic heterocycles. The molecular weight excluding hydrogens is 366 g/mol. The van der Waals surface area contributed by atoms with E-state index in [-0.39, 0.29) is 5.91 Å². The van der Waals surface area contributed by atoms with Crippen LogP contribution in [0.4, 0.5) is 11.4 Å². The largest absolute Gasteiger partial charge is 0.494 e. The quantitative estimate of drug-likeness (QED) is 0.674. The molecule has 6 nitrogen and oxygen atoms in total. The molecule has 0 radical (unpaired) electrons. The number of rotatable bonds is 7. The minimum absolute atomic E-state index is 0.0547. The van der Waals surface area contributed by atoms with Crippen molar-refractivity contribution in [3.05, 3.63) is 54.1 Å². The van der Waals surface area contributed by atoms with Gasteiger partial charge < -0.3 is 9.47 Å².